The average Bonchev–Trinajstić information content (AvgIpc) is 3.11. The molecule has 4 rings (SSSR count). The number of nitrogens with zero attached hydrogens (tertiary/aromatic N) is 2. The van der Waals surface area contributed by atoms with E-state index in [1.807, 2.05) is 12.1 Å². The molecule has 0 saturated carbocycles. The van der Waals surface area contributed by atoms with Gasteiger partial charge in [0.15, 0.2) is 0 Å². The van der Waals surface area contributed by atoms with Gasteiger partial charge in [-0.25, -0.2) is 0 Å². The van der Waals surface area contributed by atoms with Crippen molar-refractivity contribution in [3.05, 3.63) is 88.7 Å². The molecule has 2 heterocycles. The van der Waals surface area contributed by atoms with E-state index in [1.165, 1.54) is 0 Å². The molecule has 2 aromatic carbocycles. The number of halogens is 1. The first-order valence-corrected chi connectivity index (χ1v) is 8.92. The third-order valence-corrected chi connectivity index (χ3v) is 4.83. The van der Waals surface area contributed by atoms with Crippen LogP contribution in [0, 0.1) is 0 Å². The summed E-state index contributed by atoms with van der Waals surface area (Å²) < 4.78 is 0. The smallest absolute Gasteiger partial charge is 0.259 e. The van der Waals surface area contributed by atoms with Gasteiger partial charge < -0.3 is 10.2 Å². The van der Waals surface area contributed by atoms with Crippen LogP contribution in [0.5, 0.6) is 0 Å². The van der Waals surface area contributed by atoms with Gasteiger partial charge in [-0.15, -0.1) is 0 Å². The van der Waals surface area contributed by atoms with Gasteiger partial charge in [-0.3, -0.25) is 14.6 Å². The molecule has 3 aromatic rings. The molecular formula is C21H16ClN3O2. The van der Waals surface area contributed by atoms with Crippen molar-refractivity contribution < 1.29 is 9.59 Å². The van der Waals surface area contributed by atoms with Crippen LogP contribution < -0.4 is 10.2 Å². The van der Waals surface area contributed by atoms with Crippen molar-refractivity contribution in [2.75, 3.05) is 16.8 Å². The Balaban J connectivity index is 1.54. The van der Waals surface area contributed by atoms with Gasteiger partial charge in [-0.2, -0.15) is 0 Å². The number of nitrogens with one attached hydrogen (secondary N) is 1. The van der Waals surface area contributed by atoms with Crippen molar-refractivity contribution in [1.29, 1.82) is 0 Å². The molecule has 1 aliphatic rings. The Bertz CT molecular complexity index is 1020. The molecule has 0 aliphatic carbocycles. The largest absolute Gasteiger partial charge is 0.322 e. The molecule has 1 aromatic heterocycles. The van der Waals surface area contributed by atoms with E-state index in [4.69, 9.17) is 11.6 Å². The molecule has 0 radical (unpaired) electrons. The SMILES string of the molecule is O=C(Nc1ccc2c(c1)CCN2C(=O)c1cccnc1)c1ccccc1Cl. The van der Waals surface area contributed by atoms with Crippen LogP contribution in [0.15, 0.2) is 67.0 Å². The lowest BCUT2D eigenvalue weighted by molar-refractivity contribution is 0.0987. The Hall–Kier alpha value is -3.18. The molecule has 1 N–H and O–H groups in total. The van der Waals surface area contributed by atoms with E-state index in [9.17, 15) is 9.59 Å². The number of hydrogen-bond donors (Lipinski definition) is 1. The number of benzene rings is 2. The van der Waals surface area contributed by atoms with Crippen LogP contribution in [0.25, 0.3) is 0 Å². The second-order valence-corrected chi connectivity index (χ2v) is 6.63. The Labute approximate surface area is 161 Å². The van der Waals surface area contributed by atoms with Crippen LogP contribution in [-0.2, 0) is 6.42 Å². The first kappa shape index (κ1) is 17.2. The maximum absolute atomic E-state index is 12.7. The lowest BCUT2D eigenvalue weighted by atomic mass is 10.1. The average molecular weight is 378 g/mol. The van der Waals surface area contributed by atoms with Crippen LogP contribution in [0.2, 0.25) is 5.02 Å². The number of anilines is 2. The van der Waals surface area contributed by atoms with E-state index in [-0.39, 0.29) is 11.8 Å². The van der Waals surface area contributed by atoms with Crippen molar-refractivity contribution in [3.8, 4) is 0 Å². The molecule has 0 saturated heterocycles. The zero-order chi connectivity index (χ0) is 18.8. The monoisotopic (exact) mass is 377 g/mol. The van der Waals surface area contributed by atoms with Crippen molar-refractivity contribution in [3.63, 3.8) is 0 Å². The van der Waals surface area contributed by atoms with Gasteiger partial charge in [-0.1, -0.05) is 23.7 Å². The van der Waals surface area contributed by atoms with Gasteiger partial charge in [0, 0.05) is 30.3 Å². The minimum Gasteiger partial charge on any atom is -0.322 e. The molecule has 0 bridgehead atoms. The van der Waals surface area contributed by atoms with E-state index < -0.39 is 0 Å². The number of rotatable bonds is 3. The maximum Gasteiger partial charge on any atom is 0.259 e. The van der Waals surface area contributed by atoms with Crippen molar-refractivity contribution in [2.24, 2.45) is 0 Å². The minimum atomic E-state index is -0.262. The predicted molar refractivity (Wildman–Crippen MR) is 105 cm³/mol. The van der Waals surface area contributed by atoms with Gasteiger partial charge in [0.25, 0.3) is 11.8 Å². The molecule has 0 atom stereocenters. The molecular weight excluding hydrogens is 362 g/mol. The zero-order valence-corrected chi connectivity index (χ0v) is 15.1. The van der Waals surface area contributed by atoms with Crippen LogP contribution in [0.4, 0.5) is 11.4 Å². The van der Waals surface area contributed by atoms with Gasteiger partial charge in [0.1, 0.15) is 0 Å². The maximum atomic E-state index is 12.7. The van der Waals surface area contributed by atoms with Gasteiger partial charge in [-0.05, 0) is 54.4 Å². The highest BCUT2D eigenvalue weighted by atomic mass is 35.5. The van der Waals surface area contributed by atoms with Crippen LogP contribution in [-0.4, -0.2) is 23.3 Å². The van der Waals surface area contributed by atoms with Crippen molar-refractivity contribution >= 4 is 34.8 Å². The molecule has 0 unspecified atom stereocenters. The van der Waals surface area contributed by atoms with E-state index in [0.29, 0.717) is 28.4 Å². The Kier molecular flexibility index (Phi) is 4.60. The van der Waals surface area contributed by atoms with Crippen LogP contribution in [0.1, 0.15) is 26.3 Å². The summed E-state index contributed by atoms with van der Waals surface area (Å²) in [6, 6.07) is 16.0. The third kappa shape index (κ3) is 3.41. The highest BCUT2D eigenvalue weighted by molar-refractivity contribution is 6.34. The Morgan fingerprint density at radius 2 is 1.93 bits per heavy atom. The van der Waals surface area contributed by atoms with E-state index in [1.54, 1.807) is 59.8 Å². The first-order valence-electron chi connectivity index (χ1n) is 8.54. The summed E-state index contributed by atoms with van der Waals surface area (Å²) in [6.07, 6.45) is 3.94. The third-order valence-electron chi connectivity index (χ3n) is 4.51. The molecule has 0 fully saturated rings. The van der Waals surface area contributed by atoms with E-state index in [0.717, 1.165) is 17.7 Å². The van der Waals surface area contributed by atoms with E-state index >= 15 is 0 Å². The Morgan fingerprint density at radius 3 is 2.70 bits per heavy atom. The first-order chi connectivity index (χ1) is 13.1. The van der Waals surface area contributed by atoms with Gasteiger partial charge in [0.05, 0.1) is 16.1 Å². The van der Waals surface area contributed by atoms with Crippen molar-refractivity contribution in [2.45, 2.75) is 6.42 Å². The predicted octanol–water partition coefficient (Wildman–Crippen LogP) is 4.19. The Morgan fingerprint density at radius 1 is 1.07 bits per heavy atom. The number of hydrogen-bond acceptors (Lipinski definition) is 3. The molecule has 1 aliphatic heterocycles. The summed E-state index contributed by atoms with van der Waals surface area (Å²) in [5.74, 6) is -0.337. The molecule has 5 nitrogen and oxygen atoms in total. The van der Waals surface area contributed by atoms with E-state index in [2.05, 4.69) is 10.3 Å². The fraction of sp³-hybridized carbons (Fsp3) is 0.0952. The standard InChI is InChI=1S/C21H16ClN3O2/c22-18-6-2-1-5-17(18)20(26)24-16-7-8-19-14(12-16)9-11-25(19)21(27)15-4-3-10-23-13-15/h1-8,10,12-13H,9,11H2,(H,24,26). The molecule has 0 spiro atoms. The molecule has 2 amide bonds. The number of pyridine rings is 1. The summed E-state index contributed by atoms with van der Waals surface area (Å²) in [5, 5.41) is 3.27. The van der Waals surface area contributed by atoms with Crippen LogP contribution >= 0.6 is 11.6 Å². The topological polar surface area (TPSA) is 62.3 Å². The summed E-state index contributed by atoms with van der Waals surface area (Å²) in [4.78, 5) is 30.9. The quantitative estimate of drug-likeness (QED) is 0.744. The summed E-state index contributed by atoms with van der Waals surface area (Å²) in [5.41, 5.74) is 3.53. The summed E-state index contributed by atoms with van der Waals surface area (Å²) in [6.45, 7) is 0.602. The minimum absolute atomic E-state index is 0.0743. The molecule has 134 valence electrons. The van der Waals surface area contributed by atoms with Crippen LogP contribution in [0.3, 0.4) is 0 Å². The fourth-order valence-corrected chi connectivity index (χ4v) is 3.40. The fourth-order valence-electron chi connectivity index (χ4n) is 3.18. The number of carbonyl (C=O) groups excluding carboxylic acids is 2. The van der Waals surface area contributed by atoms with Crippen molar-refractivity contribution in [1.82, 2.24) is 4.98 Å². The molecule has 6 heteroatoms. The number of carbonyl (C=O) groups is 2. The highest BCUT2D eigenvalue weighted by Crippen LogP contribution is 2.32. The lowest BCUT2D eigenvalue weighted by Crippen LogP contribution is -2.28. The molecule has 27 heavy (non-hydrogen) atoms. The zero-order valence-electron chi connectivity index (χ0n) is 14.4. The van der Waals surface area contributed by atoms with Gasteiger partial charge in [0.2, 0.25) is 0 Å². The number of aromatic nitrogens is 1. The second-order valence-electron chi connectivity index (χ2n) is 6.23. The number of fused-ring (bicyclic) bond motifs is 1. The summed E-state index contributed by atoms with van der Waals surface area (Å²) in [7, 11) is 0. The summed E-state index contributed by atoms with van der Waals surface area (Å²) >= 11 is 6.08. The van der Waals surface area contributed by atoms with Gasteiger partial charge >= 0.3 is 0 Å². The number of amides is 2. The second kappa shape index (κ2) is 7.21. The highest BCUT2D eigenvalue weighted by Gasteiger charge is 2.26. The normalized spacial score (nSPS) is 12.6. The lowest BCUT2D eigenvalue weighted by Gasteiger charge is -2.17.